The molecule has 180 valence electrons. The highest BCUT2D eigenvalue weighted by Crippen LogP contribution is 2.31. The SMILES string of the molecule is COC(=O)c1ccc([C@@H](O)CC(=N[S+]([O-])C(C)(C)C)c2ccc(OC(F)(F)F)cc2O)nc1. The average molecular weight is 488 g/mol. The molecule has 2 rings (SSSR count). The van der Waals surface area contributed by atoms with E-state index >= 15 is 0 Å². The minimum Gasteiger partial charge on any atom is -0.591 e. The van der Waals surface area contributed by atoms with Crippen LogP contribution in [0.3, 0.4) is 0 Å². The second-order valence-corrected chi connectivity index (χ2v) is 9.72. The zero-order valence-electron chi connectivity index (χ0n) is 18.2. The van der Waals surface area contributed by atoms with Gasteiger partial charge in [0.1, 0.15) is 39.4 Å². The van der Waals surface area contributed by atoms with Crippen LogP contribution in [0.25, 0.3) is 0 Å². The number of pyridine rings is 1. The van der Waals surface area contributed by atoms with Gasteiger partial charge in [-0.1, -0.05) is 4.40 Å². The Kier molecular flexibility index (Phi) is 8.33. The summed E-state index contributed by atoms with van der Waals surface area (Å²) < 4.78 is 61.7. The molecule has 0 aliphatic carbocycles. The molecule has 2 atom stereocenters. The van der Waals surface area contributed by atoms with Gasteiger partial charge >= 0.3 is 12.3 Å². The van der Waals surface area contributed by atoms with Crippen LogP contribution in [0.1, 0.15) is 54.9 Å². The Balaban J connectivity index is 2.39. The second kappa shape index (κ2) is 10.4. The van der Waals surface area contributed by atoms with E-state index in [1.807, 2.05) is 0 Å². The quantitative estimate of drug-likeness (QED) is 0.345. The molecule has 0 bridgehead atoms. The number of hydrogen-bond acceptors (Lipinski definition) is 8. The summed E-state index contributed by atoms with van der Waals surface area (Å²) >= 11 is -1.81. The minimum absolute atomic E-state index is 0.0225. The predicted molar refractivity (Wildman–Crippen MR) is 114 cm³/mol. The smallest absolute Gasteiger partial charge is 0.573 e. The lowest BCUT2D eigenvalue weighted by molar-refractivity contribution is -0.274. The Morgan fingerprint density at radius 1 is 1.24 bits per heavy atom. The van der Waals surface area contributed by atoms with E-state index in [1.165, 1.54) is 25.4 Å². The third-order valence-corrected chi connectivity index (χ3v) is 5.60. The molecule has 0 fully saturated rings. The standard InChI is InChI=1S/C21H23F3N2O6S/c1-20(2,3)33(30)26-16(14-7-6-13(9-17(14)27)32-21(22,23)24)10-18(28)15-8-5-12(11-25-15)19(29)31-4/h5-9,11,18,27-28H,10H2,1-4H3/t18-,33?/m0/s1. The van der Waals surface area contributed by atoms with Crippen molar-refractivity contribution in [3.63, 3.8) is 0 Å². The van der Waals surface area contributed by atoms with Crippen LogP contribution >= 0.6 is 0 Å². The number of hydrogen-bond donors (Lipinski definition) is 2. The molecule has 2 N–H and O–H groups in total. The van der Waals surface area contributed by atoms with Gasteiger partial charge in [-0.25, -0.2) is 4.79 Å². The van der Waals surface area contributed by atoms with Crippen molar-refractivity contribution >= 4 is 23.0 Å². The van der Waals surface area contributed by atoms with Crippen LogP contribution in [0.4, 0.5) is 13.2 Å². The van der Waals surface area contributed by atoms with E-state index in [0.717, 1.165) is 18.2 Å². The number of carbonyl (C=O) groups excluding carboxylic acids is 1. The molecule has 1 aromatic heterocycles. The van der Waals surface area contributed by atoms with Gasteiger partial charge in [-0.15, -0.1) is 13.2 Å². The fourth-order valence-corrected chi connectivity index (χ4v) is 3.16. The zero-order chi connectivity index (χ0) is 25.0. The van der Waals surface area contributed by atoms with Crippen molar-refractivity contribution < 1.29 is 42.2 Å². The number of nitrogens with zero attached hydrogens (tertiary/aromatic N) is 2. The van der Waals surface area contributed by atoms with Crippen LogP contribution < -0.4 is 4.74 Å². The van der Waals surface area contributed by atoms with E-state index in [2.05, 4.69) is 18.9 Å². The number of phenolic OH excluding ortho intramolecular Hbond substituents is 1. The Hall–Kier alpha value is -2.83. The first-order chi connectivity index (χ1) is 15.2. The molecule has 0 aliphatic rings. The normalized spacial score (nSPS) is 14.5. The molecule has 2 aromatic rings. The summed E-state index contributed by atoms with van der Waals surface area (Å²) in [5.74, 6) is -1.87. The number of aliphatic hydroxyl groups is 1. The summed E-state index contributed by atoms with van der Waals surface area (Å²) in [7, 11) is 1.21. The van der Waals surface area contributed by atoms with Gasteiger partial charge in [-0.05, 0) is 45.0 Å². The molecule has 0 radical (unpaired) electrons. The van der Waals surface area contributed by atoms with Crippen molar-refractivity contribution in [2.75, 3.05) is 7.11 Å². The van der Waals surface area contributed by atoms with Crippen LogP contribution in [-0.4, -0.2) is 49.6 Å². The summed E-state index contributed by atoms with van der Waals surface area (Å²) in [6, 6.07) is 5.61. The summed E-state index contributed by atoms with van der Waals surface area (Å²) in [5.41, 5.74) is 0.250. The number of phenols is 1. The molecule has 0 aliphatic heterocycles. The Morgan fingerprint density at radius 2 is 1.91 bits per heavy atom. The first-order valence-corrected chi connectivity index (χ1v) is 10.6. The van der Waals surface area contributed by atoms with E-state index in [9.17, 15) is 32.7 Å². The highest BCUT2D eigenvalue weighted by molar-refractivity contribution is 7.91. The lowest BCUT2D eigenvalue weighted by Gasteiger charge is -2.21. The molecule has 12 heteroatoms. The molecule has 1 heterocycles. The molecular weight excluding hydrogens is 465 g/mol. The topological polar surface area (TPSA) is 124 Å². The number of alkyl halides is 3. The highest BCUT2D eigenvalue weighted by atomic mass is 32.2. The third-order valence-electron chi connectivity index (χ3n) is 4.17. The van der Waals surface area contributed by atoms with Gasteiger partial charge in [0.2, 0.25) is 0 Å². The van der Waals surface area contributed by atoms with E-state index in [1.54, 1.807) is 20.8 Å². The Labute approximate surface area is 191 Å². The van der Waals surface area contributed by atoms with Gasteiger partial charge in [-0.3, -0.25) is 4.98 Å². The van der Waals surface area contributed by atoms with Crippen LogP contribution in [-0.2, 0) is 16.1 Å². The molecule has 1 unspecified atom stereocenters. The van der Waals surface area contributed by atoms with Crippen molar-refractivity contribution in [3.8, 4) is 11.5 Å². The number of rotatable bonds is 7. The Morgan fingerprint density at radius 3 is 2.39 bits per heavy atom. The van der Waals surface area contributed by atoms with Crippen LogP contribution in [0.15, 0.2) is 40.9 Å². The van der Waals surface area contributed by atoms with Crippen LogP contribution in [0.2, 0.25) is 0 Å². The van der Waals surface area contributed by atoms with Gasteiger partial charge < -0.3 is 24.2 Å². The van der Waals surface area contributed by atoms with Crippen molar-refractivity contribution in [2.45, 2.75) is 44.4 Å². The number of halogens is 3. The average Bonchev–Trinajstić information content (AvgIpc) is 2.71. The number of aliphatic hydroxyl groups excluding tert-OH is 1. The first kappa shape index (κ1) is 26.4. The van der Waals surface area contributed by atoms with E-state index in [0.29, 0.717) is 0 Å². The molecule has 33 heavy (non-hydrogen) atoms. The molecule has 0 saturated carbocycles. The minimum atomic E-state index is -4.95. The lowest BCUT2D eigenvalue weighted by atomic mass is 10.0. The predicted octanol–water partition coefficient (Wildman–Crippen LogP) is 3.85. The number of esters is 1. The van der Waals surface area contributed by atoms with Gasteiger partial charge in [0, 0.05) is 24.2 Å². The van der Waals surface area contributed by atoms with Gasteiger partial charge in [0.15, 0.2) is 0 Å². The van der Waals surface area contributed by atoms with Crippen molar-refractivity contribution in [1.29, 1.82) is 0 Å². The van der Waals surface area contributed by atoms with E-state index in [-0.39, 0.29) is 29.0 Å². The summed E-state index contributed by atoms with van der Waals surface area (Å²) in [6.07, 6.45) is -5.32. The van der Waals surface area contributed by atoms with Gasteiger partial charge in [-0.2, -0.15) is 0 Å². The zero-order valence-corrected chi connectivity index (χ0v) is 19.0. The summed E-state index contributed by atoms with van der Waals surface area (Å²) in [6.45, 7) is 4.98. The monoisotopic (exact) mass is 488 g/mol. The number of carbonyl (C=O) groups is 1. The van der Waals surface area contributed by atoms with Crippen LogP contribution in [0, 0.1) is 0 Å². The fraction of sp³-hybridized carbons (Fsp3) is 0.381. The number of aromatic nitrogens is 1. The molecular formula is C21H23F3N2O6S. The van der Waals surface area contributed by atoms with E-state index in [4.69, 9.17) is 0 Å². The molecule has 0 amide bonds. The largest absolute Gasteiger partial charge is 0.591 e. The second-order valence-electron chi connectivity index (χ2n) is 7.81. The summed E-state index contributed by atoms with van der Waals surface area (Å²) in [5, 5.41) is 20.9. The number of ether oxygens (including phenoxy) is 2. The van der Waals surface area contributed by atoms with Gasteiger partial charge in [0.25, 0.3) is 0 Å². The highest BCUT2D eigenvalue weighted by Gasteiger charge is 2.32. The number of benzene rings is 1. The maximum atomic E-state index is 12.6. The number of methoxy groups -OCH3 is 1. The molecule has 0 saturated heterocycles. The maximum absolute atomic E-state index is 12.6. The van der Waals surface area contributed by atoms with Crippen LogP contribution in [0.5, 0.6) is 11.5 Å². The summed E-state index contributed by atoms with van der Waals surface area (Å²) in [4.78, 5) is 15.5. The molecule has 8 nitrogen and oxygen atoms in total. The number of aromatic hydroxyl groups is 1. The fourth-order valence-electron chi connectivity index (χ4n) is 2.51. The third kappa shape index (κ3) is 7.62. The van der Waals surface area contributed by atoms with Gasteiger partial charge in [0.05, 0.1) is 18.4 Å². The lowest BCUT2D eigenvalue weighted by Crippen LogP contribution is -2.27. The molecule has 1 aromatic carbocycles. The van der Waals surface area contributed by atoms with E-state index < -0.39 is 46.0 Å². The molecule has 0 spiro atoms. The maximum Gasteiger partial charge on any atom is 0.573 e. The Bertz CT molecular complexity index is 1010. The van der Waals surface area contributed by atoms with Crippen molar-refractivity contribution in [3.05, 3.63) is 53.3 Å². The van der Waals surface area contributed by atoms with Crippen molar-refractivity contribution in [2.24, 2.45) is 4.40 Å². The first-order valence-electron chi connectivity index (χ1n) is 9.52. The van der Waals surface area contributed by atoms with Crippen molar-refractivity contribution in [1.82, 2.24) is 4.98 Å².